The van der Waals surface area contributed by atoms with Gasteiger partial charge in [0.2, 0.25) is 0 Å². The standard InChI is InChI=1S/C7H15NO3/c1-2-4-11-5-3-6(8)7(9)10/h6H,2-5,8H2,1H3,(H,9,10)/t6-/m1/s1. The van der Waals surface area contributed by atoms with E-state index in [9.17, 15) is 4.79 Å². The molecule has 1 atom stereocenters. The molecule has 0 aliphatic heterocycles. The first-order chi connectivity index (χ1) is 5.18. The molecular formula is C7H15NO3. The third-order valence-corrected chi connectivity index (χ3v) is 1.24. The molecule has 0 saturated heterocycles. The maximum absolute atomic E-state index is 10.2. The lowest BCUT2D eigenvalue weighted by Gasteiger charge is -2.05. The minimum absolute atomic E-state index is 0.384. The first kappa shape index (κ1) is 10.4. The summed E-state index contributed by atoms with van der Waals surface area (Å²) < 4.78 is 5.06. The van der Waals surface area contributed by atoms with Crippen molar-refractivity contribution >= 4 is 5.97 Å². The van der Waals surface area contributed by atoms with Crippen LogP contribution in [-0.4, -0.2) is 30.3 Å². The average Bonchev–Trinajstić information content (AvgIpc) is 1.97. The normalized spacial score (nSPS) is 12.9. The van der Waals surface area contributed by atoms with Gasteiger partial charge >= 0.3 is 5.97 Å². The zero-order valence-corrected chi connectivity index (χ0v) is 6.75. The summed E-state index contributed by atoms with van der Waals surface area (Å²) in [6.07, 6.45) is 1.33. The van der Waals surface area contributed by atoms with Crippen LogP contribution in [0.3, 0.4) is 0 Å². The highest BCUT2D eigenvalue weighted by molar-refractivity contribution is 5.72. The summed E-state index contributed by atoms with van der Waals surface area (Å²) in [5.41, 5.74) is 5.22. The molecule has 0 bridgehead atoms. The Morgan fingerprint density at radius 1 is 1.64 bits per heavy atom. The summed E-state index contributed by atoms with van der Waals surface area (Å²) in [7, 11) is 0. The van der Waals surface area contributed by atoms with Crippen molar-refractivity contribution < 1.29 is 14.6 Å². The largest absolute Gasteiger partial charge is 0.480 e. The Kier molecular flexibility index (Phi) is 5.78. The maximum Gasteiger partial charge on any atom is 0.320 e. The van der Waals surface area contributed by atoms with Crippen LogP contribution in [0.5, 0.6) is 0 Å². The minimum Gasteiger partial charge on any atom is -0.480 e. The predicted octanol–water partition coefficient (Wildman–Crippen LogP) is 0.215. The van der Waals surface area contributed by atoms with E-state index in [1.54, 1.807) is 0 Å². The summed E-state index contributed by atoms with van der Waals surface area (Å²) >= 11 is 0. The molecule has 0 aromatic carbocycles. The van der Waals surface area contributed by atoms with Crippen LogP contribution in [0.4, 0.5) is 0 Å². The first-order valence-corrected chi connectivity index (χ1v) is 3.74. The third-order valence-electron chi connectivity index (χ3n) is 1.24. The van der Waals surface area contributed by atoms with Crippen molar-refractivity contribution in [2.45, 2.75) is 25.8 Å². The molecule has 0 heterocycles. The van der Waals surface area contributed by atoms with Gasteiger partial charge in [-0.05, 0) is 12.8 Å². The molecule has 0 amide bonds. The summed E-state index contributed by atoms with van der Waals surface area (Å²) in [5.74, 6) is -0.968. The van der Waals surface area contributed by atoms with E-state index in [4.69, 9.17) is 15.6 Å². The molecule has 66 valence electrons. The second kappa shape index (κ2) is 6.12. The predicted molar refractivity (Wildman–Crippen MR) is 41.3 cm³/mol. The molecule has 0 fully saturated rings. The minimum atomic E-state index is -0.968. The molecule has 0 unspecified atom stereocenters. The van der Waals surface area contributed by atoms with E-state index in [0.29, 0.717) is 19.6 Å². The van der Waals surface area contributed by atoms with Gasteiger partial charge in [0.15, 0.2) is 0 Å². The van der Waals surface area contributed by atoms with Crippen LogP contribution in [0.1, 0.15) is 19.8 Å². The van der Waals surface area contributed by atoms with Gasteiger partial charge in [-0.2, -0.15) is 0 Å². The molecule has 4 nitrogen and oxygen atoms in total. The molecular weight excluding hydrogens is 146 g/mol. The molecule has 0 aromatic rings. The van der Waals surface area contributed by atoms with Crippen LogP contribution in [0.15, 0.2) is 0 Å². The van der Waals surface area contributed by atoms with Crippen LogP contribution in [0.2, 0.25) is 0 Å². The van der Waals surface area contributed by atoms with E-state index in [1.165, 1.54) is 0 Å². The molecule has 3 N–H and O–H groups in total. The number of nitrogens with two attached hydrogens (primary N) is 1. The lowest BCUT2D eigenvalue weighted by atomic mass is 10.2. The van der Waals surface area contributed by atoms with Gasteiger partial charge in [-0.1, -0.05) is 6.92 Å². The van der Waals surface area contributed by atoms with E-state index in [-0.39, 0.29) is 0 Å². The van der Waals surface area contributed by atoms with Crippen LogP contribution < -0.4 is 5.73 Å². The average molecular weight is 161 g/mol. The Hall–Kier alpha value is -0.610. The molecule has 0 aliphatic rings. The second-order valence-electron chi connectivity index (χ2n) is 2.35. The van der Waals surface area contributed by atoms with Crippen LogP contribution in [0, 0.1) is 0 Å². The van der Waals surface area contributed by atoms with Crippen LogP contribution in [-0.2, 0) is 9.53 Å². The number of carboxylic acid groups (broad SMARTS) is 1. The van der Waals surface area contributed by atoms with Gasteiger partial charge in [0.05, 0.1) is 0 Å². The lowest BCUT2D eigenvalue weighted by molar-refractivity contribution is -0.139. The van der Waals surface area contributed by atoms with Gasteiger partial charge in [0.1, 0.15) is 6.04 Å². The van der Waals surface area contributed by atoms with Gasteiger partial charge in [0, 0.05) is 13.2 Å². The van der Waals surface area contributed by atoms with E-state index in [2.05, 4.69) is 0 Å². The van der Waals surface area contributed by atoms with E-state index >= 15 is 0 Å². The summed E-state index contributed by atoms with van der Waals surface area (Å²) in [4.78, 5) is 10.2. The second-order valence-corrected chi connectivity index (χ2v) is 2.35. The Labute approximate surface area is 66.3 Å². The fourth-order valence-corrected chi connectivity index (χ4v) is 0.580. The number of hydrogen-bond acceptors (Lipinski definition) is 3. The van der Waals surface area contributed by atoms with Crippen molar-refractivity contribution in [2.24, 2.45) is 5.73 Å². The fourth-order valence-electron chi connectivity index (χ4n) is 0.580. The Balaban J connectivity index is 3.17. The van der Waals surface area contributed by atoms with Crippen molar-refractivity contribution in [3.05, 3.63) is 0 Å². The highest BCUT2D eigenvalue weighted by atomic mass is 16.5. The van der Waals surface area contributed by atoms with Crippen molar-refractivity contribution in [1.29, 1.82) is 0 Å². The number of carbonyl (C=O) groups is 1. The smallest absolute Gasteiger partial charge is 0.320 e. The van der Waals surface area contributed by atoms with Crippen molar-refractivity contribution in [3.8, 4) is 0 Å². The van der Waals surface area contributed by atoms with Crippen LogP contribution >= 0.6 is 0 Å². The number of carboxylic acids is 1. The van der Waals surface area contributed by atoms with Gasteiger partial charge in [0.25, 0.3) is 0 Å². The van der Waals surface area contributed by atoms with Crippen molar-refractivity contribution in [2.75, 3.05) is 13.2 Å². The molecule has 0 aliphatic carbocycles. The van der Waals surface area contributed by atoms with E-state index < -0.39 is 12.0 Å². The molecule has 0 aromatic heterocycles. The van der Waals surface area contributed by atoms with E-state index in [0.717, 1.165) is 6.42 Å². The van der Waals surface area contributed by atoms with E-state index in [1.807, 2.05) is 6.92 Å². The molecule has 0 spiro atoms. The van der Waals surface area contributed by atoms with Gasteiger partial charge in [-0.25, -0.2) is 0 Å². The first-order valence-electron chi connectivity index (χ1n) is 3.74. The van der Waals surface area contributed by atoms with Gasteiger partial charge in [-0.3, -0.25) is 4.79 Å². The van der Waals surface area contributed by atoms with Crippen LogP contribution in [0.25, 0.3) is 0 Å². The number of rotatable bonds is 6. The lowest BCUT2D eigenvalue weighted by Crippen LogP contribution is -2.31. The summed E-state index contributed by atoms with van der Waals surface area (Å²) in [6, 6.07) is -0.785. The highest BCUT2D eigenvalue weighted by Gasteiger charge is 2.09. The topological polar surface area (TPSA) is 72.5 Å². The fraction of sp³-hybridized carbons (Fsp3) is 0.857. The Morgan fingerprint density at radius 2 is 2.27 bits per heavy atom. The van der Waals surface area contributed by atoms with Gasteiger partial charge in [-0.15, -0.1) is 0 Å². The van der Waals surface area contributed by atoms with Gasteiger partial charge < -0.3 is 15.6 Å². The maximum atomic E-state index is 10.2. The Bertz CT molecular complexity index is 116. The number of ether oxygens (including phenoxy) is 1. The van der Waals surface area contributed by atoms with Crippen molar-refractivity contribution in [1.82, 2.24) is 0 Å². The Morgan fingerprint density at radius 3 is 2.73 bits per heavy atom. The molecule has 0 saturated carbocycles. The SMILES string of the molecule is CCCOCC[C@@H](N)C(=O)O. The zero-order chi connectivity index (χ0) is 8.69. The molecule has 11 heavy (non-hydrogen) atoms. The zero-order valence-electron chi connectivity index (χ0n) is 6.75. The third kappa shape index (κ3) is 5.82. The number of hydrogen-bond donors (Lipinski definition) is 2. The summed E-state index contributed by atoms with van der Waals surface area (Å²) in [5, 5.41) is 8.36. The summed E-state index contributed by atoms with van der Waals surface area (Å²) in [6.45, 7) is 3.10. The molecule has 4 heteroatoms. The molecule has 0 radical (unpaired) electrons. The highest BCUT2D eigenvalue weighted by Crippen LogP contribution is 1.90. The quantitative estimate of drug-likeness (QED) is 0.546. The monoisotopic (exact) mass is 161 g/mol. The molecule has 0 rings (SSSR count). The van der Waals surface area contributed by atoms with Crippen molar-refractivity contribution in [3.63, 3.8) is 0 Å². The number of aliphatic carboxylic acids is 1.